The van der Waals surface area contributed by atoms with Gasteiger partial charge in [-0.2, -0.15) is 13.2 Å². The van der Waals surface area contributed by atoms with Crippen LogP contribution in [-0.2, 0) is 0 Å². The molecule has 112 valence electrons. The molecule has 1 aliphatic rings. The number of hydrogen-bond acceptors (Lipinski definition) is 2. The summed E-state index contributed by atoms with van der Waals surface area (Å²) in [6, 6.07) is 9.46. The Balaban J connectivity index is 2.16. The van der Waals surface area contributed by atoms with E-state index in [-0.39, 0.29) is 12.1 Å². The molecule has 2 rings (SSSR count). The highest BCUT2D eigenvalue weighted by Crippen LogP contribution is 2.31. The van der Waals surface area contributed by atoms with Gasteiger partial charge in [-0.25, -0.2) is 0 Å². The molecule has 0 bridgehead atoms. The molecule has 3 atom stereocenters. The van der Waals surface area contributed by atoms with Crippen molar-refractivity contribution in [3.05, 3.63) is 35.9 Å². The molecule has 0 aliphatic carbocycles. The van der Waals surface area contributed by atoms with Gasteiger partial charge in [-0.05, 0) is 19.4 Å². The third kappa shape index (κ3) is 3.96. The van der Waals surface area contributed by atoms with Gasteiger partial charge in [-0.3, -0.25) is 4.90 Å². The fourth-order valence-corrected chi connectivity index (χ4v) is 2.86. The van der Waals surface area contributed by atoms with Crippen molar-refractivity contribution >= 4 is 0 Å². The van der Waals surface area contributed by atoms with Gasteiger partial charge in [-0.15, -0.1) is 0 Å². The van der Waals surface area contributed by atoms with Gasteiger partial charge in [0.15, 0.2) is 0 Å². The second-order valence-electron chi connectivity index (χ2n) is 5.60. The standard InChI is InChI=1S/C15H21F3N2/c1-11-10-20(12(2)8-15(16,17)18)14(9-19-11)13-6-4-3-5-7-13/h3-7,11-12,14,19H,8-10H2,1-2H3. The maximum atomic E-state index is 12.6. The van der Waals surface area contributed by atoms with Crippen molar-refractivity contribution in [2.45, 2.75) is 44.6 Å². The van der Waals surface area contributed by atoms with Gasteiger partial charge in [0.1, 0.15) is 0 Å². The molecule has 3 unspecified atom stereocenters. The van der Waals surface area contributed by atoms with E-state index in [1.54, 1.807) is 6.92 Å². The Hall–Kier alpha value is -1.07. The molecule has 0 spiro atoms. The van der Waals surface area contributed by atoms with Crippen molar-refractivity contribution < 1.29 is 13.2 Å². The molecule has 1 saturated heterocycles. The van der Waals surface area contributed by atoms with Crippen molar-refractivity contribution in [3.63, 3.8) is 0 Å². The van der Waals surface area contributed by atoms with E-state index >= 15 is 0 Å². The number of rotatable bonds is 3. The number of piperazine rings is 1. The fraction of sp³-hybridized carbons (Fsp3) is 0.600. The maximum absolute atomic E-state index is 12.6. The van der Waals surface area contributed by atoms with Gasteiger partial charge >= 0.3 is 6.18 Å². The van der Waals surface area contributed by atoms with Crippen LogP contribution in [0.2, 0.25) is 0 Å². The normalized spacial score (nSPS) is 26.4. The average Bonchev–Trinajstić information content (AvgIpc) is 2.37. The first-order valence-corrected chi connectivity index (χ1v) is 6.97. The summed E-state index contributed by atoms with van der Waals surface area (Å²) in [5.74, 6) is 0. The highest BCUT2D eigenvalue weighted by molar-refractivity contribution is 5.20. The summed E-state index contributed by atoms with van der Waals surface area (Å²) in [4.78, 5) is 1.98. The number of benzene rings is 1. The third-order valence-corrected chi connectivity index (χ3v) is 3.82. The Morgan fingerprint density at radius 1 is 1.30 bits per heavy atom. The second kappa shape index (κ2) is 6.14. The zero-order chi connectivity index (χ0) is 14.8. The molecule has 1 aliphatic heterocycles. The van der Waals surface area contributed by atoms with E-state index in [0.29, 0.717) is 13.1 Å². The van der Waals surface area contributed by atoms with Crippen molar-refractivity contribution in [2.75, 3.05) is 13.1 Å². The van der Waals surface area contributed by atoms with Crippen LogP contribution in [0.15, 0.2) is 30.3 Å². The van der Waals surface area contributed by atoms with Crippen LogP contribution in [0.5, 0.6) is 0 Å². The summed E-state index contributed by atoms with van der Waals surface area (Å²) in [7, 11) is 0. The molecule has 0 aromatic heterocycles. The molecule has 0 amide bonds. The van der Waals surface area contributed by atoms with E-state index < -0.39 is 18.6 Å². The van der Waals surface area contributed by atoms with E-state index in [1.165, 1.54) is 0 Å². The molecule has 5 heteroatoms. The minimum Gasteiger partial charge on any atom is -0.311 e. The molecule has 0 radical (unpaired) electrons. The van der Waals surface area contributed by atoms with Crippen molar-refractivity contribution in [3.8, 4) is 0 Å². The molecule has 0 saturated carbocycles. The highest BCUT2D eigenvalue weighted by Gasteiger charge is 2.37. The lowest BCUT2D eigenvalue weighted by molar-refractivity contribution is -0.149. The number of halogens is 3. The van der Waals surface area contributed by atoms with Gasteiger partial charge in [0.25, 0.3) is 0 Å². The van der Waals surface area contributed by atoms with E-state index in [0.717, 1.165) is 5.56 Å². The fourth-order valence-electron chi connectivity index (χ4n) is 2.86. The number of nitrogens with zero attached hydrogens (tertiary/aromatic N) is 1. The number of hydrogen-bond donors (Lipinski definition) is 1. The zero-order valence-electron chi connectivity index (χ0n) is 11.8. The Morgan fingerprint density at radius 2 is 1.95 bits per heavy atom. The van der Waals surface area contributed by atoms with Crippen LogP contribution in [0, 0.1) is 0 Å². The monoisotopic (exact) mass is 286 g/mol. The van der Waals surface area contributed by atoms with Crippen molar-refractivity contribution in [1.82, 2.24) is 10.2 Å². The predicted octanol–water partition coefficient (Wildman–Crippen LogP) is 3.36. The average molecular weight is 286 g/mol. The quantitative estimate of drug-likeness (QED) is 0.916. The summed E-state index contributed by atoms with van der Waals surface area (Å²) in [5, 5.41) is 3.36. The third-order valence-electron chi connectivity index (χ3n) is 3.82. The zero-order valence-corrected chi connectivity index (χ0v) is 11.8. The first-order chi connectivity index (χ1) is 9.37. The van der Waals surface area contributed by atoms with Crippen LogP contribution in [0.1, 0.15) is 31.9 Å². The van der Waals surface area contributed by atoms with E-state index in [1.807, 2.05) is 42.2 Å². The van der Waals surface area contributed by atoms with Gasteiger partial charge < -0.3 is 5.32 Å². The Bertz CT molecular complexity index is 419. The Labute approximate surface area is 118 Å². The van der Waals surface area contributed by atoms with Crippen LogP contribution in [0.3, 0.4) is 0 Å². The lowest BCUT2D eigenvalue weighted by Gasteiger charge is -2.43. The molecular weight excluding hydrogens is 265 g/mol. The van der Waals surface area contributed by atoms with Crippen molar-refractivity contribution in [1.29, 1.82) is 0 Å². The SMILES string of the molecule is CC1CN(C(C)CC(F)(F)F)C(c2ccccc2)CN1. The highest BCUT2D eigenvalue weighted by atomic mass is 19.4. The maximum Gasteiger partial charge on any atom is 0.390 e. The van der Waals surface area contributed by atoms with E-state index in [2.05, 4.69) is 5.32 Å². The first kappa shape index (κ1) is 15.3. The van der Waals surface area contributed by atoms with Gasteiger partial charge in [0.2, 0.25) is 0 Å². The van der Waals surface area contributed by atoms with Gasteiger partial charge in [0, 0.05) is 31.2 Å². The molecule has 1 aromatic rings. The van der Waals surface area contributed by atoms with Crippen LogP contribution in [-0.4, -0.2) is 36.2 Å². The van der Waals surface area contributed by atoms with Crippen LogP contribution in [0.4, 0.5) is 13.2 Å². The molecule has 1 heterocycles. The van der Waals surface area contributed by atoms with Gasteiger partial charge in [-0.1, -0.05) is 30.3 Å². The van der Waals surface area contributed by atoms with Gasteiger partial charge in [0.05, 0.1) is 6.42 Å². The van der Waals surface area contributed by atoms with E-state index in [4.69, 9.17) is 0 Å². The lowest BCUT2D eigenvalue weighted by Crippen LogP contribution is -2.54. The predicted molar refractivity (Wildman–Crippen MR) is 73.5 cm³/mol. The minimum atomic E-state index is -4.12. The summed E-state index contributed by atoms with van der Waals surface area (Å²) in [5.41, 5.74) is 1.07. The summed E-state index contributed by atoms with van der Waals surface area (Å²) in [6.07, 6.45) is -4.88. The summed E-state index contributed by atoms with van der Waals surface area (Å²) >= 11 is 0. The van der Waals surface area contributed by atoms with Crippen LogP contribution < -0.4 is 5.32 Å². The Morgan fingerprint density at radius 3 is 2.55 bits per heavy atom. The Kier molecular flexibility index (Phi) is 4.70. The molecular formula is C15H21F3N2. The van der Waals surface area contributed by atoms with Crippen LogP contribution >= 0.6 is 0 Å². The minimum absolute atomic E-state index is 0.00440. The molecule has 20 heavy (non-hydrogen) atoms. The molecule has 1 aromatic carbocycles. The topological polar surface area (TPSA) is 15.3 Å². The number of nitrogens with one attached hydrogen (secondary N) is 1. The second-order valence-corrected chi connectivity index (χ2v) is 5.60. The molecule has 1 N–H and O–H groups in total. The molecule has 2 nitrogen and oxygen atoms in total. The summed E-state index contributed by atoms with van der Waals surface area (Å²) < 4.78 is 37.9. The summed E-state index contributed by atoms with van der Waals surface area (Å²) in [6.45, 7) is 5.00. The first-order valence-electron chi connectivity index (χ1n) is 6.97. The van der Waals surface area contributed by atoms with Crippen LogP contribution in [0.25, 0.3) is 0 Å². The smallest absolute Gasteiger partial charge is 0.311 e. The number of alkyl halides is 3. The lowest BCUT2D eigenvalue weighted by atomic mass is 9.98. The van der Waals surface area contributed by atoms with Crippen molar-refractivity contribution in [2.24, 2.45) is 0 Å². The van der Waals surface area contributed by atoms with E-state index in [9.17, 15) is 13.2 Å². The molecule has 1 fully saturated rings. The largest absolute Gasteiger partial charge is 0.390 e.